The number of fused-ring (bicyclic) bond motifs is 3. The first-order valence-corrected chi connectivity index (χ1v) is 7.33. The molecule has 1 aliphatic heterocycles. The molecule has 2 heterocycles. The summed E-state index contributed by atoms with van der Waals surface area (Å²) in [6.45, 7) is 5.45. The van der Waals surface area contributed by atoms with E-state index in [1.165, 1.54) is 28.1 Å². The van der Waals surface area contributed by atoms with Crippen LogP contribution in [0.1, 0.15) is 25.1 Å². The number of nitrogens with zero attached hydrogens (tertiary/aromatic N) is 3. The molecule has 0 unspecified atom stereocenters. The second-order valence-corrected chi connectivity index (χ2v) is 6.39. The Morgan fingerprint density at radius 3 is 2.62 bits per heavy atom. The summed E-state index contributed by atoms with van der Waals surface area (Å²) in [5.41, 5.74) is 6.40. The van der Waals surface area contributed by atoms with E-state index in [9.17, 15) is 0 Å². The van der Waals surface area contributed by atoms with Gasteiger partial charge in [0.25, 0.3) is 0 Å². The molecule has 1 aromatic heterocycles. The van der Waals surface area contributed by atoms with Gasteiger partial charge in [0.05, 0.1) is 12.4 Å². The zero-order chi connectivity index (χ0) is 14.6. The fourth-order valence-corrected chi connectivity index (χ4v) is 3.59. The summed E-state index contributed by atoms with van der Waals surface area (Å²) in [5, 5.41) is 0. The van der Waals surface area contributed by atoms with Gasteiger partial charge in [-0.05, 0) is 23.3 Å². The third kappa shape index (κ3) is 1.63. The number of pyridine rings is 1. The molecular formula is C18H19N3. The van der Waals surface area contributed by atoms with Gasteiger partial charge in [0.15, 0.2) is 0 Å². The molecule has 3 nitrogen and oxygen atoms in total. The largest absolute Gasteiger partial charge is 0.361 e. The van der Waals surface area contributed by atoms with Crippen molar-refractivity contribution in [2.24, 2.45) is 0 Å². The summed E-state index contributed by atoms with van der Waals surface area (Å²) in [6.07, 6.45) is 6.17. The summed E-state index contributed by atoms with van der Waals surface area (Å²) < 4.78 is 0. The van der Waals surface area contributed by atoms with Gasteiger partial charge in [-0.3, -0.25) is 4.98 Å². The van der Waals surface area contributed by atoms with Crippen LogP contribution in [0.4, 0.5) is 5.69 Å². The number of rotatable bonds is 1. The highest BCUT2D eigenvalue weighted by atomic mass is 15.3. The predicted molar refractivity (Wildman–Crippen MR) is 86.1 cm³/mol. The maximum Gasteiger partial charge on any atom is 0.0939 e. The Bertz CT molecular complexity index is 746. The fraction of sp³-hybridized carbons (Fsp3) is 0.278. The SMILES string of the molecule is CN1C=CN(c2cccc3c2C(C)(C)c2ncccc2-3)C1. The minimum atomic E-state index is -0.0580. The molecule has 1 aliphatic carbocycles. The van der Waals surface area contributed by atoms with Gasteiger partial charge < -0.3 is 9.80 Å². The fourth-order valence-electron chi connectivity index (χ4n) is 3.59. The summed E-state index contributed by atoms with van der Waals surface area (Å²) in [7, 11) is 2.10. The van der Waals surface area contributed by atoms with Crippen LogP contribution in [0.5, 0.6) is 0 Å². The standard InChI is InChI=1S/C18H19N3/c1-18(2)16-13(14-7-5-9-19-17(14)18)6-4-8-15(16)21-11-10-20(3)12-21/h4-11H,12H2,1-3H3. The Balaban J connectivity index is 1.95. The maximum absolute atomic E-state index is 4.66. The summed E-state index contributed by atoms with van der Waals surface area (Å²) in [5.74, 6) is 0. The molecule has 0 fully saturated rings. The number of aromatic nitrogens is 1. The molecule has 0 spiro atoms. The third-order valence-corrected chi connectivity index (χ3v) is 4.54. The summed E-state index contributed by atoms with van der Waals surface area (Å²) in [6, 6.07) is 10.8. The first-order chi connectivity index (χ1) is 10.1. The van der Waals surface area contributed by atoms with Gasteiger partial charge in [-0.15, -0.1) is 0 Å². The van der Waals surface area contributed by atoms with Crippen LogP contribution in [0.3, 0.4) is 0 Å². The number of hydrogen-bond donors (Lipinski definition) is 0. The van der Waals surface area contributed by atoms with E-state index in [0.717, 1.165) is 6.67 Å². The van der Waals surface area contributed by atoms with Crippen molar-refractivity contribution in [1.29, 1.82) is 0 Å². The normalized spacial score (nSPS) is 18.0. The molecular weight excluding hydrogens is 258 g/mol. The molecule has 0 bridgehead atoms. The van der Waals surface area contributed by atoms with E-state index in [-0.39, 0.29) is 5.41 Å². The van der Waals surface area contributed by atoms with E-state index in [0.29, 0.717) is 0 Å². The molecule has 4 rings (SSSR count). The smallest absolute Gasteiger partial charge is 0.0939 e. The Labute approximate surface area is 125 Å². The van der Waals surface area contributed by atoms with Gasteiger partial charge >= 0.3 is 0 Å². The van der Waals surface area contributed by atoms with E-state index in [1.807, 2.05) is 12.3 Å². The van der Waals surface area contributed by atoms with E-state index < -0.39 is 0 Å². The zero-order valence-corrected chi connectivity index (χ0v) is 12.7. The Morgan fingerprint density at radius 1 is 1.05 bits per heavy atom. The van der Waals surface area contributed by atoms with Crippen LogP contribution in [0.25, 0.3) is 11.1 Å². The van der Waals surface area contributed by atoms with Crippen molar-refractivity contribution in [2.45, 2.75) is 19.3 Å². The van der Waals surface area contributed by atoms with Crippen molar-refractivity contribution < 1.29 is 0 Å². The lowest BCUT2D eigenvalue weighted by Crippen LogP contribution is -2.26. The van der Waals surface area contributed by atoms with E-state index in [4.69, 9.17) is 0 Å². The van der Waals surface area contributed by atoms with E-state index >= 15 is 0 Å². The average Bonchev–Trinajstić information content (AvgIpc) is 3.01. The van der Waals surface area contributed by atoms with Crippen LogP contribution < -0.4 is 4.90 Å². The Morgan fingerprint density at radius 2 is 1.86 bits per heavy atom. The van der Waals surface area contributed by atoms with Crippen molar-refractivity contribution in [3.8, 4) is 11.1 Å². The van der Waals surface area contributed by atoms with Gasteiger partial charge in [-0.2, -0.15) is 0 Å². The molecule has 2 aliphatic rings. The average molecular weight is 277 g/mol. The van der Waals surface area contributed by atoms with Crippen LogP contribution in [-0.2, 0) is 5.41 Å². The molecule has 0 amide bonds. The molecule has 0 atom stereocenters. The van der Waals surface area contributed by atoms with Crippen LogP contribution in [0, 0.1) is 0 Å². The molecule has 1 aromatic carbocycles. The second-order valence-electron chi connectivity index (χ2n) is 6.39. The minimum Gasteiger partial charge on any atom is -0.361 e. The minimum absolute atomic E-state index is 0.0580. The molecule has 0 radical (unpaired) electrons. The molecule has 0 saturated carbocycles. The lowest BCUT2D eigenvalue weighted by molar-refractivity contribution is 0.494. The highest BCUT2D eigenvalue weighted by Gasteiger charge is 2.39. The van der Waals surface area contributed by atoms with Gasteiger partial charge in [0, 0.05) is 42.3 Å². The molecule has 106 valence electrons. The predicted octanol–water partition coefficient (Wildman–Crippen LogP) is 3.57. The topological polar surface area (TPSA) is 19.4 Å². The van der Waals surface area contributed by atoms with Gasteiger partial charge in [0.2, 0.25) is 0 Å². The number of benzene rings is 1. The number of hydrogen-bond acceptors (Lipinski definition) is 3. The molecule has 0 N–H and O–H groups in total. The van der Waals surface area contributed by atoms with Crippen molar-refractivity contribution >= 4 is 5.69 Å². The molecule has 3 heteroatoms. The highest BCUT2D eigenvalue weighted by molar-refractivity contribution is 5.85. The van der Waals surface area contributed by atoms with Crippen molar-refractivity contribution in [1.82, 2.24) is 9.88 Å². The number of anilines is 1. The van der Waals surface area contributed by atoms with Gasteiger partial charge in [0.1, 0.15) is 0 Å². The molecule has 0 saturated heterocycles. The Hall–Kier alpha value is -2.29. The third-order valence-electron chi connectivity index (χ3n) is 4.54. The monoisotopic (exact) mass is 277 g/mol. The quantitative estimate of drug-likeness (QED) is 0.794. The van der Waals surface area contributed by atoms with Gasteiger partial charge in [-0.1, -0.05) is 32.0 Å². The van der Waals surface area contributed by atoms with Crippen LogP contribution in [-0.4, -0.2) is 23.6 Å². The molecule has 21 heavy (non-hydrogen) atoms. The first kappa shape index (κ1) is 12.5. The van der Waals surface area contributed by atoms with Gasteiger partial charge in [-0.25, -0.2) is 0 Å². The van der Waals surface area contributed by atoms with Crippen LogP contribution in [0.2, 0.25) is 0 Å². The zero-order valence-electron chi connectivity index (χ0n) is 12.7. The summed E-state index contributed by atoms with van der Waals surface area (Å²) in [4.78, 5) is 9.16. The molecule has 2 aromatic rings. The highest BCUT2D eigenvalue weighted by Crippen LogP contribution is 2.51. The summed E-state index contributed by atoms with van der Waals surface area (Å²) >= 11 is 0. The van der Waals surface area contributed by atoms with Crippen molar-refractivity contribution in [3.63, 3.8) is 0 Å². The second kappa shape index (κ2) is 4.10. The Kier molecular flexibility index (Phi) is 2.43. The van der Waals surface area contributed by atoms with Crippen molar-refractivity contribution in [3.05, 3.63) is 60.2 Å². The lowest BCUT2D eigenvalue weighted by Gasteiger charge is -2.27. The van der Waals surface area contributed by atoms with E-state index in [1.54, 1.807) is 0 Å². The van der Waals surface area contributed by atoms with Crippen molar-refractivity contribution in [2.75, 3.05) is 18.6 Å². The van der Waals surface area contributed by atoms with Crippen LogP contribution in [0.15, 0.2) is 48.9 Å². The van der Waals surface area contributed by atoms with Crippen LogP contribution >= 0.6 is 0 Å². The maximum atomic E-state index is 4.66. The first-order valence-electron chi connectivity index (χ1n) is 7.33. The van der Waals surface area contributed by atoms with E-state index in [2.05, 4.69) is 72.3 Å². The lowest BCUT2D eigenvalue weighted by atomic mass is 9.84.